The Morgan fingerprint density at radius 1 is 1.56 bits per heavy atom. The van der Waals surface area contributed by atoms with Gasteiger partial charge in [-0.25, -0.2) is 18.9 Å². The molecule has 8 heteroatoms. The molecule has 0 fully saturated rings. The van der Waals surface area contributed by atoms with Crippen molar-refractivity contribution in [2.24, 2.45) is 7.05 Å². The quantitative estimate of drug-likeness (QED) is 0.851. The summed E-state index contributed by atoms with van der Waals surface area (Å²) < 4.78 is 18.9. The standard InChI is InChI=1S/C10H9FN4O3/c1-15-9(7-3-2-6(11)4-12-7)13-10(14-15)18-5-8(16)17/h2-4H,5H2,1H3,(H,16,17). The van der Waals surface area contributed by atoms with Crippen molar-refractivity contribution < 1.29 is 19.0 Å². The van der Waals surface area contributed by atoms with E-state index < -0.39 is 18.4 Å². The third-order valence-electron chi connectivity index (χ3n) is 2.02. The molecule has 0 bridgehead atoms. The first kappa shape index (κ1) is 12.0. The van der Waals surface area contributed by atoms with E-state index in [1.165, 1.54) is 16.8 Å². The molecule has 2 rings (SSSR count). The van der Waals surface area contributed by atoms with Crippen molar-refractivity contribution in [2.75, 3.05) is 6.61 Å². The first-order valence-corrected chi connectivity index (χ1v) is 4.94. The van der Waals surface area contributed by atoms with Crippen LogP contribution in [0.5, 0.6) is 6.01 Å². The van der Waals surface area contributed by atoms with Gasteiger partial charge in [0.05, 0.1) is 6.20 Å². The van der Waals surface area contributed by atoms with E-state index in [2.05, 4.69) is 15.1 Å². The van der Waals surface area contributed by atoms with Gasteiger partial charge in [0, 0.05) is 7.05 Å². The fourth-order valence-electron chi connectivity index (χ4n) is 1.28. The van der Waals surface area contributed by atoms with E-state index >= 15 is 0 Å². The van der Waals surface area contributed by atoms with E-state index in [-0.39, 0.29) is 6.01 Å². The Bertz CT molecular complexity index is 567. The fraction of sp³-hybridized carbons (Fsp3) is 0.200. The molecule has 0 atom stereocenters. The van der Waals surface area contributed by atoms with Crippen LogP contribution in [0.1, 0.15) is 0 Å². The van der Waals surface area contributed by atoms with E-state index in [9.17, 15) is 9.18 Å². The first-order chi connectivity index (χ1) is 8.56. The van der Waals surface area contributed by atoms with E-state index in [4.69, 9.17) is 9.84 Å². The lowest BCUT2D eigenvalue weighted by Gasteiger charge is -1.97. The Kier molecular flexibility index (Phi) is 3.18. The predicted octanol–water partition coefficient (Wildman–Crippen LogP) is 0.480. The number of rotatable bonds is 4. The minimum atomic E-state index is -1.12. The Hall–Kier alpha value is -2.51. The molecule has 0 saturated heterocycles. The molecule has 2 heterocycles. The number of carboxylic acids is 1. The second kappa shape index (κ2) is 4.78. The average Bonchev–Trinajstić information content (AvgIpc) is 2.69. The zero-order valence-corrected chi connectivity index (χ0v) is 9.37. The van der Waals surface area contributed by atoms with Gasteiger partial charge in [-0.1, -0.05) is 0 Å². The molecule has 94 valence electrons. The van der Waals surface area contributed by atoms with Gasteiger partial charge in [0.2, 0.25) is 0 Å². The lowest BCUT2D eigenvalue weighted by atomic mass is 10.3. The van der Waals surface area contributed by atoms with Gasteiger partial charge in [0.15, 0.2) is 12.4 Å². The lowest BCUT2D eigenvalue weighted by molar-refractivity contribution is -0.139. The van der Waals surface area contributed by atoms with Crippen molar-refractivity contribution in [3.05, 3.63) is 24.1 Å². The molecule has 0 aliphatic rings. The van der Waals surface area contributed by atoms with Gasteiger partial charge in [-0.2, -0.15) is 4.98 Å². The summed E-state index contributed by atoms with van der Waals surface area (Å²) in [4.78, 5) is 18.1. The van der Waals surface area contributed by atoms with E-state index in [1.807, 2.05) is 0 Å². The summed E-state index contributed by atoms with van der Waals surface area (Å²) in [5.74, 6) is -1.22. The van der Waals surface area contributed by atoms with Crippen LogP contribution >= 0.6 is 0 Å². The molecular weight excluding hydrogens is 243 g/mol. The summed E-state index contributed by atoms with van der Waals surface area (Å²) in [6, 6.07) is 2.62. The van der Waals surface area contributed by atoms with E-state index in [0.29, 0.717) is 11.5 Å². The van der Waals surface area contributed by atoms with Crippen LogP contribution < -0.4 is 4.74 Å². The molecule has 0 aromatic carbocycles. The highest BCUT2D eigenvalue weighted by Crippen LogP contribution is 2.16. The molecular formula is C10H9FN4O3. The summed E-state index contributed by atoms with van der Waals surface area (Å²) in [6.07, 6.45) is 1.06. The highest BCUT2D eigenvalue weighted by Gasteiger charge is 2.12. The van der Waals surface area contributed by atoms with Crippen LogP contribution in [0, 0.1) is 5.82 Å². The number of aryl methyl sites for hydroxylation is 1. The van der Waals surface area contributed by atoms with Gasteiger partial charge in [-0.05, 0) is 12.1 Å². The molecule has 0 spiro atoms. The third-order valence-corrected chi connectivity index (χ3v) is 2.02. The summed E-state index contributed by atoms with van der Waals surface area (Å²) in [5.41, 5.74) is 0.413. The lowest BCUT2D eigenvalue weighted by Crippen LogP contribution is -2.10. The third kappa shape index (κ3) is 2.59. The smallest absolute Gasteiger partial charge is 0.341 e. The number of aliphatic carboxylic acids is 1. The van der Waals surface area contributed by atoms with Gasteiger partial charge in [-0.15, -0.1) is 5.10 Å². The minimum Gasteiger partial charge on any atom is -0.479 e. The number of hydrogen-bond acceptors (Lipinski definition) is 5. The molecule has 0 aliphatic carbocycles. The highest BCUT2D eigenvalue weighted by atomic mass is 19.1. The normalized spacial score (nSPS) is 10.3. The Morgan fingerprint density at radius 2 is 2.33 bits per heavy atom. The van der Waals surface area contributed by atoms with Crippen LogP contribution in [-0.2, 0) is 11.8 Å². The number of carbonyl (C=O) groups is 1. The Labute approximate surface area is 101 Å². The SMILES string of the molecule is Cn1nc(OCC(=O)O)nc1-c1ccc(F)cn1. The summed E-state index contributed by atoms with van der Waals surface area (Å²) >= 11 is 0. The molecule has 18 heavy (non-hydrogen) atoms. The highest BCUT2D eigenvalue weighted by molar-refractivity contribution is 5.68. The van der Waals surface area contributed by atoms with Gasteiger partial charge in [0.1, 0.15) is 11.5 Å². The Morgan fingerprint density at radius 3 is 2.94 bits per heavy atom. The topological polar surface area (TPSA) is 90.1 Å². The summed E-state index contributed by atoms with van der Waals surface area (Å²) in [5, 5.41) is 12.3. The molecule has 2 aromatic rings. The van der Waals surface area contributed by atoms with Gasteiger partial charge in [0.25, 0.3) is 0 Å². The minimum absolute atomic E-state index is 0.0685. The number of nitrogens with zero attached hydrogens (tertiary/aromatic N) is 4. The summed E-state index contributed by atoms with van der Waals surface area (Å²) in [6.45, 7) is -0.527. The van der Waals surface area contributed by atoms with E-state index in [1.54, 1.807) is 7.05 Å². The number of halogens is 1. The van der Waals surface area contributed by atoms with Crippen LogP contribution in [0.25, 0.3) is 11.5 Å². The monoisotopic (exact) mass is 252 g/mol. The number of carboxylic acid groups (broad SMARTS) is 1. The first-order valence-electron chi connectivity index (χ1n) is 4.94. The molecule has 7 nitrogen and oxygen atoms in total. The van der Waals surface area contributed by atoms with Crippen LogP contribution in [0.3, 0.4) is 0 Å². The second-order valence-corrected chi connectivity index (χ2v) is 3.39. The maximum Gasteiger partial charge on any atom is 0.341 e. The Balaban J connectivity index is 2.23. The average molecular weight is 252 g/mol. The second-order valence-electron chi connectivity index (χ2n) is 3.39. The molecule has 0 amide bonds. The van der Waals surface area contributed by atoms with Crippen molar-refractivity contribution in [3.63, 3.8) is 0 Å². The van der Waals surface area contributed by atoms with Crippen LogP contribution in [0.15, 0.2) is 18.3 Å². The maximum absolute atomic E-state index is 12.7. The number of aromatic nitrogens is 4. The zero-order valence-electron chi connectivity index (χ0n) is 9.37. The van der Waals surface area contributed by atoms with Gasteiger partial charge >= 0.3 is 12.0 Å². The van der Waals surface area contributed by atoms with Gasteiger partial charge < -0.3 is 9.84 Å². The van der Waals surface area contributed by atoms with Crippen molar-refractivity contribution in [3.8, 4) is 17.5 Å². The molecule has 0 aliphatic heterocycles. The van der Waals surface area contributed by atoms with Crippen molar-refractivity contribution in [1.29, 1.82) is 0 Å². The number of hydrogen-bond donors (Lipinski definition) is 1. The predicted molar refractivity (Wildman–Crippen MR) is 57.3 cm³/mol. The van der Waals surface area contributed by atoms with Crippen molar-refractivity contribution in [2.45, 2.75) is 0 Å². The van der Waals surface area contributed by atoms with Crippen LogP contribution in [0.2, 0.25) is 0 Å². The largest absolute Gasteiger partial charge is 0.479 e. The fourth-order valence-corrected chi connectivity index (χ4v) is 1.28. The number of ether oxygens (including phenoxy) is 1. The molecule has 0 unspecified atom stereocenters. The maximum atomic E-state index is 12.7. The summed E-state index contributed by atoms with van der Waals surface area (Å²) in [7, 11) is 1.60. The molecule has 1 N–H and O–H groups in total. The number of pyridine rings is 1. The van der Waals surface area contributed by atoms with Gasteiger partial charge in [-0.3, -0.25) is 0 Å². The van der Waals surface area contributed by atoms with E-state index in [0.717, 1.165) is 6.20 Å². The van der Waals surface area contributed by atoms with Crippen LogP contribution in [0.4, 0.5) is 4.39 Å². The van der Waals surface area contributed by atoms with Crippen molar-refractivity contribution >= 4 is 5.97 Å². The molecule has 0 radical (unpaired) electrons. The molecule has 2 aromatic heterocycles. The van der Waals surface area contributed by atoms with Crippen LogP contribution in [-0.4, -0.2) is 37.4 Å². The van der Waals surface area contributed by atoms with Crippen molar-refractivity contribution in [1.82, 2.24) is 19.7 Å². The zero-order chi connectivity index (χ0) is 13.1. The molecule has 0 saturated carbocycles.